The molecule has 2 N–H and O–H groups in total. The second-order valence-electron chi connectivity index (χ2n) is 7.27. The number of para-hydroxylation sites is 1. The standard InChI is InChI=1S/C25H17F3N4O2S/c26-25(27,28)18-7-4-8-19(14-18)30-23(34)17-6-3-5-16(13-17)11-12-22(33)31-21-10-2-1-9-20(21)24-32-29-15-35-24/h1-15H,(H,30,34)(H,31,33)/b12-11+. The zero-order valence-corrected chi connectivity index (χ0v) is 18.7. The molecule has 0 saturated heterocycles. The molecule has 3 aromatic carbocycles. The van der Waals surface area contributed by atoms with Crippen molar-refractivity contribution in [2.75, 3.05) is 10.6 Å². The first-order valence-corrected chi connectivity index (χ1v) is 11.1. The van der Waals surface area contributed by atoms with E-state index in [1.165, 1.54) is 47.8 Å². The second kappa shape index (κ2) is 10.3. The molecule has 0 saturated carbocycles. The molecular formula is C25H17F3N4O2S. The summed E-state index contributed by atoms with van der Waals surface area (Å²) in [7, 11) is 0. The number of halogens is 3. The van der Waals surface area contributed by atoms with Gasteiger partial charge in [0.05, 0.1) is 11.3 Å². The summed E-state index contributed by atoms with van der Waals surface area (Å²) in [5, 5.41) is 13.8. The van der Waals surface area contributed by atoms with Crippen molar-refractivity contribution >= 4 is 40.6 Å². The zero-order valence-electron chi connectivity index (χ0n) is 17.9. The SMILES string of the molecule is O=C(/C=C/c1cccc(C(=O)Nc2cccc(C(F)(F)F)c2)c1)Nc1ccccc1-c1nncs1. The van der Waals surface area contributed by atoms with Gasteiger partial charge < -0.3 is 10.6 Å². The van der Waals surface area contributed by atoms with Gasteiger partial charge >= 0.3 is 6.18 Å². The topological polar surface area (TPSA) is 84.0 Å². The van der Waals surface area contributed by atoms with Crippen LogP contribution in [0.5, 0.6) is 0 Å². The average Bonchev–Trinajstić information content (AvgIpc) is 3.38. The number of carbonyl (C=O) groups excluding carboxylic acids is 2. The molecule has 0 spiro atoms. The molecule has 1 aromatic heterocycles. The second-order valence-corrected chi connectivity index (χ2v) is 8.10. The van der Waals surface area contributed by atoms with Crippen LogP contribution in [-0.2, 0) is 11.0 Å². The van der Waals surface area contributed by atoms with Gasteiger partial charge in [-0.1, -0.05) is 41.7 Å². The fourth-order valence-electron chi connectivity index (χ4n) is 3.18. The first-order valence-electron chi connectivity index (χ1n) is 10.2. The molecule has 0 aliphatic carbocycles. The summed E-state index contributed by atoms with van der Waals surface area (Å²) in [6.07, 6.45) is -1.66. The molecule has 0 atom stereocenters. The number of rotatable bonds is 6. The van der Waals surface area contributed by atoms with Crippen molar-refractivity contribution in [2.24, 2.45) is 0 Å². The van der Waals surface area contributed by atoms with E-state index in [1.807, 2.05) is 12.1 Å². The summed E-state index contributed by atoms with van der Waals surface area (Å²) < 4.78 is 38.7. The number of amides is 2. The van der Waals surface area contributed by atoms with Crippen LogP contribution >= 0.6 is 11.3 Å². The Kier molecular flexibility index (Phi) is 7.02. The number of alkyl halides is 3. The molecular weight excluding hydrogens is 477 g/mol. The van der Waals surface area contributed by atoms with E-state index >= 15 is 0 Å². The van der Waals surface area contributed by atoms with Gasteiger partial charge in [0.25, 0.3) is 5.91 Å². The van der Waals surface area contributed by atoms with E-state index in [4.69, 9.17) is 0 Å². The third-order valence-corrected chi connectivity index (χ3v) is 5.52. The molecule has 0 aliphatic heterocycles. The average molecular weight is 494 g/mol. The van der Waals surface area contributed by atoms with Gasteiger partial charge in [-0.15, -0.1) is 10.2 Å². The first kappa shape index (κ1) is 23.8. The van der Waals surface area contributed by atoms with E-state index < -0.39 is 17.6 Å². The Bertz CT molecular complexity index is 1390. The van der Waals surface area contributed by atoms with E-state index in [2.05, 4.69) is 20.8 Å². The van der Waals surface area contributed by atoms with Gasteiger partial charge in [0.15, 0.2) is 0 Å². The monoisotopic (exact) mass is 494 g/mol. The normalized spacial score (nSPS) is 11.4. The van der Waals surface area contributed by atoms with E-state index in [0.717, 1.165) is 17.7 Å². The molecule has 1 heterocycles. The van der Waals surface area contributed by atoms with Gasteiger partial charge in [-0.25, -0.2) is 0 Å². The quantitative estimate of drug-likeness (QED) is 0.316. The summed E-state index contributed by atoms with van der Waals surface area (Å²) in [6.45, 7) is 0. The summed E-state index contributed by atoms with van der Waals surface area (Å²) in [4.78, 5) is 25.0. The Morgan fingerprint density at radius 1 is 0.914 bits per heavy atom. The molecule has 0 fully saturated rings. The van der Waals surface area contributed by atoms with Crippen LogP contribution in [-0.4, -0.2) is 22.0 Å². The van der Waals surface area contributed by atoms with Crippen LogP contribution < -0.4 is 10.6 Å². The fourth-order valence-corrected chi connectivity index (χ4v) is 3.77. The lowest BCUT2D eigenvalue weighted by atomic mass is 10.1. The van der Waals surface area contributed by atoms with Gasteiger partial charge in [-0.05, 0) is 54.1 Å². The van der Waals surface area contributed by atoms with Crippen molar-refractivity contribution in [3.8, 4) is 10.6 Å². The summed E-state index contributed by atoms with van der Waals surface area (Å²) in [5.41, 5.74) is 2.88. The molecule has 4 aromatic rings. The predicted octanol–water partition coefficient (Wildman–Crippen LogP) is 6.13. The highest BCUT2D eigenvalue weighted by molar-refractivity contribution is 7.12. The van der Waals surface area contributed by atoms with Crippen LogP contribution in [0.2, 0.25) is 0 Å². The third kappa shape index (κ3) is 6.18. The number of hydrogen-bond donors (Lipinski definition) is 2. The van der Waals surface area contributed by atoms with E-state index in [0.29, 0.717) is 16.3 Å². The molecule has 10 heteroatoms. The molecule has 35 heavy (non-hydrogen) atoms. The van der Waals surface area contributed by atoms with Crippen LogP contribution in [0.15, 0.2) is 84.4 Å². The van der Waals surface area contributed by atoms with Gasteiger partial charge in [0.1, 0.15) is 10.5 Å². The lowest BCUT2D eigenvalue weighted by Crippen LogP contribution is -2.13. The molecule has 6 nitrogen and oxygen atoms in total. The molecule has 0 unspecified atom stereocenters. The highest BCUT2D eigenvalue weighted by Gasteiger charge is 2.30. The number of anilines is 2. The maximum Gasteiger partial charge on any atom is 0.416 e. The highest BCUT2D eigenvalue weighted by atomic mass is 32.1. The van der Waals surface area contributed by atoms with Gasteiger partial charge in [0.2, 0.25) is 5.91 Å². The van der Waals surface area contributed by atoms with E-state index in [-0.39, 0.29) is 17.2 Å². The fraction of sp³-hybridized carbons (Fsp3) is 0.0400. The Balaban J connectivity index is 1.44. The number of carbonyl (C=O) groups is 2. The maximum atomic E-state index is 12.9. The zero-order chi connectivity index (χ0) is 24.8. The van der Waals surface area contributed by atoms with Gasteiger partial charge in [-0.3, -0.25) is 9.59 Å². The minimum Gasteiger partial charge on any atom is -0.322 e. The molecule has 2 amide bonds. The lowest BCUT2D eigenvalue weighted by Gasteiger charge is -2.10. The Labute approximate surface area is 202 Å². The maximum absolute atomic E-state index is 12.9. The Morgan fingerprint density at radius 3 is 2.49 bits per heavy atom. The smallest absolute Gasteiger partial charge is 0.322 e. The van der Waals surface area contributed by atoms with Crippen LogP contribution in [0.3, 0.4) is 0 Å². The van der Waals surface area contributed by atoms with Crippen LogP contribution in [0.4, 0.5) is 24.5 Å². The molecule has 0 bridgehead atoms. The number of hydrogen-bond acceptors (Lipinski definition) is 5. The van der Waals surface area contributed by atoms with Crippen molar-refractivity contribution in [2.45, 2.75) is 6.18 Å². The predicted molar refractivity (Wildman–Crippen MR) is 129 cm³/mol. The van der Waals surface area contributed by atoms with E-state index in [9.17, 15) is 22.8 Å². The molecule has 176 valence electrons. The minimum absolute atomic E-state index is 0.0271. The van der Waals surface area contributed by atoms with Crippen molar-refractivity contribution < 1.29 is 22.8 Å². The molecule has 0 aliphatic rings. The van der Waals surface area contributed by atoms with Crippen molar-refractivity contribution in [1.29, 1.82) is 0 Å². The lowest BCUT2D eigenvalue weighted by molar-refractivity contribution is -0.137. The number of benzene rings is 3. The van der Waals surface area contributed by atoms with Crippen LogP contribution in [0.1, 0.15) is 21.5 Å². The Morgan fingerprint density at radius 2 is 1.71 bits per heavy atom. The summed E-state index contributed by atoms with van der Waals surface area (Å²) >= 11 is 1.35. The molecule has 4 rings (SSSR count). The van der Waals surface area contributed by atoms with Crippen LogP contribution in [0, 0.1) is 0 Å². The van der Waals surface area contributed by atoms with Gasteiger partial charge in [0, 0.05) is 22.9 Å². The third-order valence-electron chi connectivity index (χ3n) is 4.80. The summed E-state index contributed by atoms with van der Waals surface area (Å²) in [5.74, 6) is -0.962. The van der Waals surface area contributed by atoms with Crippen LogP contribution in [0.25, 0.3) is 16.6 Å². The van der Waals surface area contributed by atoms with Crippen molar-refractivity contribution in [1.82, 2.24) is 10.2 Å². The largest absolute Gasteiger partial charge is 0.416 e. The first-order chi connectivity index (χ1) is 16.8. The van der Waals surface area contributed by atoms with Gasteiger partial charge in [-0.2, -0.15) is 13.2 Å². The number of aromatic nitrogens is 2. The van der Waals surface area contributed by atoms with E-state index in [1.54, 1.807) is 29.8 Å². The Hall–Kier alpha value is -4.31. The highest BCUT2D eigenvalue weighted by Crippen LogP contribution is 2.31. The minimum atomic E-state index is -4.51. The number of nitrogens with one attached hydrogen (secondary N) is 2. The van der Waals surface area contributed by atoms with Crippen molar-refractivity contribution in [3.05, 3.63) is 101 Å². The summed E-state index contributed by atoms with van der Waals surface area (Å²) in [6, 6.07) is 18.0. The number of nitrogens with zero attached hydrogens (tertiary/aromatic N) is 2. The van der Waals surface area contributed by atoms with Crippen molar-refractivity contribution in [3.63, 3.8) is 0 Å². The molecule has 0 radical (unpaired) electrons.